The number of hydrogen-bond acceptors (Lipinski definition) is 2. The maximum absolute atomic E-state index is 11.1. The van der Waals surface area contributed by atoms with Gasteiger partial charge in [0.1, 0.15) is 0 Å². The first kappa shape index (κ1) is 17.0. The Labute approximate surface area is 138 Å². The highest BCUT2D eigenvalue weighted by Crippen LogP contribution is 2.12. The highest BCUT2D eigenvalue weighted by atomic mass is 16.1. The topological polar surface area (TPSA) is 46.3 Å². The first-order chi connectivity index (χ1) is 11.1. The van der Waals surface area contributed by atoms with Gasteiger partial charge in [0.15, 0.2) is 0 Å². The van der Waals surface area contributed by atoms with Crippen LogP contribution in [-0.2, 0) is 17.9 Å². The van der Waals surface area contributed by atoms with Gasteiger partial charge >= 0.3 is 0 Å². The molecular formula is C20H24N2O. The molecule has 3 heteroatoms. The summed E-state index contributed by atoms with van der Waals surface area (Å²) in [6.45, 7) is 6.40. The predicted molar refractivity (Wildman–Crippen MR) is 94.6 cm³/mol. The average molecular weight is 308 g/mol. The lowest BCUT2D eigenvalue weighted by atomic mass is 10.1. The second kappa shape index (κ2) is 8.91. The molecule has 23 heavy (non-hydrogen) atoms. The van der Waals surface area contributed by atoms with Gasteiger partial charge in [0.25, 0.3) is 0 Å². The zero-order valence-electron chi connectivity index (χ0n) is 13.4. The van der Waals surface area contributed by atoms with Crippen molar-refractivity contribution in [1.82, 2.24) is 4.90 Å². The van der Waals surface area contributed by atoms with Crippen LogP contribution in [0.2, 0.25) is 0 Å². The summed E-state index contributed by atoms with van der Waals surface area (Å²) in [7, 11) is 0. The van der Waals surface area contributed by atoms with E-state index in [2.05, 4.69) is 60.0 Å². The van der Waals surface area contributed by atoms with E-state index in [1.54, 1.807) is 0 Å². The van der Waals surface area contributed by atoms with Crippen molar-refractivity contribution in [3.8, 4) is 0 Å². The SMILES string of the molecule is C=C(CCCN(Cc1ccccc1)Cc1ccccc1)C(N)=O. The Bertz CT molecular complexity index is 581. The maximum Gasteiger partial charge on any atom is 0.244 e. The van der Waals surface area contributed by atoms with Crippen molar-refractivity contribution >= 4 is 5.91 Å². The van der Waals surface area contributed by atoms with Gasteiger partial charge in [-0.05, 0) is 30.5 Å². The smallest absolute Gasteiger partial charge is 0.244 e. The average Bonchev–Trinajstić information content (AvgIpc) is 2.56. The molecule has 120 valence electrons. The van der Waals surface area contributed by atoms with Crippen molar-refractivity contribution < 1.29 is 4.79 Å². The molecule has 0 fully saturated rings. The second-order valence-corrected chi connectivity index (χ2v) is 5.75. The third kappa shape index (κ3) is 6.09. The van der Waals surface area contributed by atoms with E-state index >= 15 is 0 Å². The molecule has 2 aromatic carbocycles. The van der Waals surface area contributed by atoms with Crippen LogP contribution in [0, 0.1) is 0 Å². The quantitative estimate of drug-likeness (QED) is 0.721. The number of amides is 1. The molecule has 0 atom stereocenters. The summed E-state index contributed by atoms with van der Waals surface area (Å²) >= 11 is 0. The molecule has 0 unspecified atom stereocenters. The van der Waals surface area contributed by atoms with Gasteiger partial charge in [0, 0.05) is 18.7 Å². The van der Waals surface area contributed by atoms with Crippen LogP contribution in [0.5, 0.6) is 0 Å². The minimum atomic E-state index is -0.400. The molecule has 0 spiro atoms. The number of nitrogens with zero attached hydrogens (tertiary/aromatic N) is 1. The highest BCUT2D eigenvalue weighted by molar-refractivity contribution is 5.91. The molecule has 0 radical (unpaired) electrons. The van der Waals surface area contributed by atoms with E-state index in [-0.39, 0.29) is 0 Å². The Morgan fingerprint density at radius 3 is 1.83 bits per heavy atom. The first-order valence-electron chi connectivity index (χ1n) is 7.93. The summed E-state index contributed by atoms with van der Waals surface area (Å²) in [4.78, 5) is 13.5. The molecule has 0 saturated heterocycles. The molecule has 2 rings (SSSR count). The maximum atomic E-state index is 11.1. The Morgan fingerprint density at radius 2 is 1.39 bits per heavy atom. The molecule has 3 nitrogen and oxygen atoms in total. The molecule has 2 aromatic rings. The second-order valence-electron chi connectivity index (χ2n) is 5.75. The summed E-state index contributed by atoms with van der Waals surface area (Å²) in [6, 6.07) is 20.9. The first-order valence-corrected chi connectivity index (χ1v) is 7.93. The van der Waals surface area contributed by atoms with Crippen LogP contribution in [0.15, 0.2) is 72.8 Å². The van der Waals surface area contributed by atoms with E-state index in [1.165, 1.54) is 11.1 Å². The number of benzene rings is 2. The van der Waals surface area contributed by atoms with E-state index < -0.39 is 5.91 Å². The Kier molecular flexibility index (Phi) is 6.57. The van der Waals surface area contributed by atoms with Gasteiger partial charge in [-0.1, -0.05) is 67.2 Å². The number of primary amides is 1. The summed E-state index contributed by atoms with van der Waals surface area (Å²) < 4.78 is 0. The molecule has 0 aromatic heterocycles. The fourth-order valence-electron chi connectivity index (χ4n) is 2.54. The van der Waals surface area contributed by atoms with Crippen LogP contribution < -0.4 is 5.73 Å². The Morgan fingerprint density at radius 1 is 0.913 bits per heavy atom. The van der Waals surface area contributed by atoms with Crippen LogP contribution in [0.25, 0.3) is 0 Å². The molecule has 0 aliphatic heterocycles. The van der Waals surface area contributed by atoms with Gasteiger partial charge in [0.2, 0.25) is 5.91 Å². The van der Waals surface area contributed by atoms with E-state index in [0.29, 0.717) is 12.0 Å². The van der Waals surface area contributed by atoms with Crippen molar-refractivity contribution in [1.29, 1.82) is 0 Å². The number of carbonyl (C=O) groups is 1. The van der Waals surface area contributed by atoms with E-state index in [1.807, 2.05) is 12.1 Å². The van der Waals surface area contributed by atoms with Crippen molar-refractivity contribution in [3.05, 3.63) is 83.9 Å². The van der Waals surface area contributed by atoms with E-state index in [0.717, 1.165) is 26.1 Å². The third-order valence-electron chi connectivity index (χ3n) is 3.80. The third-order valence-corrected chi connectivity index (χ3v) is 3.80. The number of hydrogen-bond donors (Lipinski definition) is 1. The van der Waals surface area contributed by atoms with Crippen molar-refractivity contribution in [2.45, 2.75) is 25.9 Å². The Hall–Kier alpha value is -2.39. The van der Waals surface area contributed by atoms with Crippen molar-refractivity contribution in [2.75, 3.05) is 6.54 Å². The zero-order chi connectivity index (χ0) is 16.5. The van der Waals surface area contributed by atoms with Crippen LogP contribution in [0.4, 0.5) is 0 Å². The molecule has 0 bridgehead atoms. The zero-order valence-corrected chi connectivity index (χ0v) is 13.4. The molecule has 0 aliphatic rings. The van der Waals surface area contributed by atoms with Gasteiger partial charge < -0.3 is 5.73 Å². The Balaban J connectivity index is 1.96. The van der Waals surface area contributed by atoms with Gasteiger partial charge in [-0.3, -0.25) is 9.69 Å². The fraction of sp³-hybridized carbons (Fsp3) is 0.250. The summed E-state index contributed by atoms with van der Waals surface area (Å²) in [5.74, 6) is -0.400. The summed E-state index contributed by atoms with van der Waals surface area (Å²) in [5, 5.41) is 0. The standard InChI is InChI=1S/C20H24N2O/c1-17(20(21)23)9-8-14-22(15-18-10-4-2-5-11-18)16-19-12-6-3-7-13-19/h2-7,10-13H,1,8-9,14-16H2,(H2,21,23). The van der Waals surface area contributed by atoms with Crippen LogP contribution in [0.3, 0.4) is 0 Å². The minimum Gasteiger partial charge on any atom is -0.366 e. The van der Waals surface area contributed by atoms with Gasteiger partial charge in [-0.2, -0.15) is 0 Å². The van der Waals surface area contributed by atoms with Gasteiger partial charge in [0.05, 0.1) is 0 Å². The largest absolute Gasteiger partial charge is 0.366 e. The lowest BCUT2D eigenvalue weighted by Gasteiger charge is -2.22. The number of carbonyl (C=O) groups excluding carboxylic acids is 1. The molecule has 0 heterocycles. The van der Waals surface area contributed by atoms with Crippen molar-refractivity contribution in [2.24, 2.45) is 5.73 Å². The fourth-order valence-corrected chi connectivity index (χ4v) is 2.54. The lowest BCUT2D eigenvalue weighted by molar-refractivity contribution is -0.114. The molecule has 2 N–H and O–H groups in total. The summed E-state index contributed by atoms with van der Waals surface area (Å²) in [6.07, 6.45) is 1.52. The van der Waals surface area contributed by atoms with Crippen LogP contribution in [0.1, 0.15) is 24.0 Å². The van der Waals surface area contributed by atoms with E-state index in [4.69, 9.17) is 5.73 Å². The highest BCUT2D eigenvalue weighted by Gasteiger charge is 2.08. The molecule has 0 aliphatic carbocycles. The monoisotopic (exact) mass is 308 g/mol. The lowest BCUT2D eigenvalue weighted by Crippen LogP contribution is -2.24. The van der Waals surface area contributed by atoms with E-state index in [9.17, 15) is 4.79 Å². The van der Waals surface area contributed by atoms with Crippen LogP contribution in [-0.4, -0.2) is 17.4 Å². The number of rotatable bonds is 9. The molecule has 0 saturated carbocycles. The molecular weight excluding hydrogens is 284 g/mol. The summed E-state index contributed by atoms with van der Waals surface area (Å²) in [5.41, 5.74) is 8.33. The minimum absolute atomic E-state index is 0.400. The normalized spacial score (nSPS) is 10.7. The van der Waals surface area contributed by atoms with Gasteiger partial charge in [-0.25, -0.2) is 0 Å². The number of nitrogens with two attached hydrogens (primary N) is 1. The van der Waals surface area contributed by atoms with Crippen molar-refractivity contribution in [3.63, 3.8) is 0 Å². The predicted octanol–water partition coefficient (Wildman–Crippen LogP) is 3.51. The molecule has 1 amide bonds. The van der Waals surface area contributed by atoms with Gasteiger partial charge in [-0.15, -0.1) is 0 Å². The van der Waals surface area contributed by atoms with Crippen LogP contribution >= 0.6 is 0 Å².